The summed E-state index contributed by atoms with van der Waals surface area (Å²) in [6, 6.07) is 1.44. The van der Waals surface area contributed by atoms with E-state index in [-0.39, 0.29) is 17.3 Å². The van der Waals surface area contributed by atoms with E-state index in [9.17, 15) is 9.59 Å². The van der Waals surface area contributed by atoms with E-state index in [1.807, 2.05) is 0 Å². The van der Waals surface area contributed by atoms with Gasteiger partial charge in [0, 0.05) is 11.8 Å². The molecule has 0 spiro atoms. The second-order valence-corrected chi connectivity index (χ2v) is 4.22. The third kappa shape index (κ3) is 2.31. The van der Waals surface area contributed by atoms with Gasteiger partial charge in [0.05, 0.1) is 12.9 Å². The predicted molar refractivity (Wildman–Crippen MR) is 61.1 cm³/mol. The Morgan fingerprint density at radius 2 is 2.35 bits per heavy atom. The van der Waals surface area contributed by atoms with Crippen molar-refractivity contribution in [3.8, 4) is 0 Å². The molecule has 0 radical (unpaired) electrons. The lowest BCUT2D eigenvalue weighted by atomic mass is 10.4. The van der Waals surface area contributed by atoms with Crippen molar-refractivity contribution in [3.63, 3.8) is 0 Å². The highest BCUT2D eigenvalue weighted by Gasteiger charge is 2.11. The van der Waals surface area contributed by atoms with Crippen LogP contribution in [-0.2, 0) is 9.53 Å². The van der Waals surface area contributed by atoms with Gasteiger partial charge in [-0.3, -0.25) is 19.0 Å². The van der Waals surface area contributed by atoms with Gasteiger partial charge in [-0.25, -0.2) is 0 Å². The molecule has 0 unspecified atom stereocenters. The van der Waals surface area contributed by atoms with Crippen LogP contribution in [0.1, 0.15) is 5.69 Å². The van der Waals surface area contributed by atoms with Crippen LogP contribution in [0.3, 0.4) is 0 Å². The predicted octanol–water partition coefficient (Wildman–Crippen LogP) is -0.00888. The second-order valence-electron chi connectivity index (χ2n) is 3.28. The number of hydrogen-bond donors (Lipinski definition) is 1. The van der Waals surface area contributed by atoms with Gasteiger partial charge < -0.3 is 4.74 Å². The number of thioether (sulfide) groups is 1. The number of methoxy groups -OCH3 is 1. The van der Waals surface area contributed by atoms with Crippen molar-refractivity contribution in [1.29, 1.82) is 0 Å². The summed E-state index contributed by atoms with van der Waals surface area (Å²) in [7, 11) is 1.33. The SMILES string of the molecule is COC(=O)CSc1nnc2[nH]c(=O)cc(C)n12. The fourth-order valence-corrected chi connectivity index (χ4v) is 2.17. The maximum Gasteiger partial charge on any atom is 0.316 e. The maximum absolute atomic E-state index is 11.2. The molecule has 0 amide bonds. The number of rotatable bonds is 3. The molecule has 0 bridgehead atoms. The minimum atomic E-state index is -0.339. The molecule has 2 aromatic rings. The molecule has 90 valence electrons. The Labute approximate surface area is 100 Å². The van der Waals surface area contributed by atoms with Crippen molar-refractivity contribution in [1.82, 2.24) is 19.6 Å². The monoisotopic (exact) mass is 254 g/mol. The van der Waals surface area contributed by atoms with E-state index in [4.69, 9.17) is 0 Å². The molecule has 0 aliphatic rings. The minimum Gasteiger partial charge on any atom is -0.468 e. The number of nitrogens with zero attached hydrogens (tertiary/aromatic N) is 3. The first-order valence-corrected chi connectivity index (χ1v) is 5.75. The first-order chi connectivity index (χ1) is 8.11. The van der Waals surface area contributed by atoms with Gasteiger partial charge in [-0.1, -0.05) is 11.8 Å². The van der Waals surface area contributed by atoms with E-state index in [0.717, 1.165) is 0 Å². The number of esters is 1. The van der Waals surface area contributed by atoms with Gasteiger partial charge in [-0.2, -0.15) is 0 Å². The van der Waals surface area contributed by atoms with E-state index >= 15 is 0 Å². The van der Waals surface area contributed by atoms with Crippen molar-refractivity contribution in [2.45, 2.75) is 12.1 Å². The minimum absolute atomic E-state index is 0.149. The molecular weight excluding hydrogens is 244 g/mol. The lowest BCUT2D eigenvalue weighted by Gasteiger charge is -2.01. The van der Waals surface area contributed by atoms with Gasteiger partial charge in [0.25, 0.3) is 5.56 Å². The molecule has 2 rings (SSSR count). The molecule has 1 N–H and O–H groups in total. The highest BCUT2D eigenvalue weighted by atomic mass is 32.2. The summed E-state index contributed by atoms with van der Waals surface area (Å²) >= 11 is 1.20. The Hall–Kier alpha value is -1.83. The molecule has 7 nitrogen and oxygen atoms in total. The van der Waals surface area contributed by atoms with Crippen LogP contribution in [0.25, 0.3) is 5.78 Å². The number of H-pyrrole nitrogens is 1. The summed E-state index contributed by atoms with van der Waals surface area (Å²) in [5.74, 6) is 0.173. The molecule has 0 aromatic carbocycles. The Bertz CT molecular complexity index is 618. The maximum atomic E-state index is 11.2. The summed E-state index contributed by atoms with van der Waals surface area (Å²) in [5, 5.41) is 8.27. The van der Waals surface area contributed by atoms with E-state index < -0.39 is 0 Å². The topological polar surface area (TPSA) is 89.3 Å². The number of carbonyl (C=O) groups is 1. The molecule has 0 atom stereocenters. The first-order valence-electron chi connectivity index (χ1n) is 4.76. The average molecular weight is 254 g/mol. The van der Waals surface area contributed by atoms with Crippen molar-refractivity contribution in [2.24, 2.45) is 0 Å². The number of fused-ring (bicyclic) bond motifs is 1. The van der Waals surface area contributed by atoms with Crippen molar-refractivity contribution in [2.75, 3.05) is 12.9 Å². The van der Waals surface area contributed by atoms with Crippen LogP contribution in [0.15, 0.2) is 16.0 Å². The van der Waals surface area contributed by atoms with Crippen LogP contribution in [0.4, 0.5) is 0 Å². The first kappa shape index (κ1) is 11.6. The highest BCUT2D eigenvalue weighted by molar-refractivity contribution is 7.99. The van der Waals surface area contributed by atoms with E-state index in [2.05, 4.69) is 19.9 Å². The summed E-state index contributed by atoms with van der Waals surface area (Å²) < 4.78 is 6.21. The number of aromatic nitrogens is 4. The molecular formula is C9H10N4O3S. The van der Waals surface area contributed by atoms with Crippen LogP contribution in [0.2, 0.25) is 0 Å². The quantitative estimate of drug-likeness (QED) is 0.612. The van der Waals surface area contributed by atoms with Gasteiger partial charge in [-0.15, -0.1) is 10.2 Å². The molecule has 2 heterocycles. The van der Waals surface area contributed by atoms with Crippen molar-refractivity contribution in [3.05, 3.63) is 22.1 Å². The smallest absolute Gasteiger partial charge is 0.316 e. The Balaban J connectivity index is 2.36. The molecule has 17 heavy (non-hydrogen) atoms. The number of aromatic amines is 1. The number of carbonyl (C=O) groups excluding carboxylic acids is 1. The standard InChI is InChI=1S/C9H10N4O3S/c1-5-3-6(14)10-8-11-12-9(13(5)8)17-4-7(15)16-2/h3H,4H2,1-2H3,(H,10,11,14). The summed E-state index contributed by atoms with van der Waals surface area (Å²) in [6.07, 6.45) is 0. The third-order valence-electron chi connectivity index (χ3n) is 2.11. The summed E-state index contributed by atoms with van der Waals surface area (Å²) in [4.78, 5) is 24.8. The third-order valence-corrected chi connectivity index (χ3v) is 3.01. The average Bonchev–Trinajstić information content (AvgIpc) is 2.69. The zero-order valence-electron chi connectivity index (χ0n) is 9.26. The summed E-state index contributed by atoms with van der Waals surface area (Å²) in [5.41, 5.74) is 0.480. The Kier molecular flexibility index (Phi) is 3.14. The van der Waals surface area contributed by atoms with E-state index in [1.54, 1.807) is 11.3 Å². The number of aryl methyl sites for hydroxylation is 1. The van der Waals surface area contributed by atoms with Gasteiger partial charge in [0.1, 0.15) is 0 Å². The molecule has 2 aromatic heterocycles. The number of ether oxygens (including phenoxy) is 1. The zero-order chi connectivity index (χ0) is 12.4. The molecule has 0 saturated carbocycles. The van der Waals surface area contributed by atoms with Gasteiger partial charge >= 0.3 is 5.97 Å². The second kappa shape index (κ2) is 4.58. The fourth-order valence-electron chi connectivity index (χ4n) is 1.35. The van der Waals surface area contributed by atoms with Crippen molar-refractivity contribution >= 4 is 23.5 Å². The molecule has 0 aliphatic heterocycles. The van der Waals surface area contributed by atoms with E-state index in [1.165, 1.54) is 24.9 Å². The van der Waals surface area contributed by atoms with Crippen LogP contribution >= 0.6 is 11.8 Å². The van der Waals surface area contributed by atoms with Crippen LogP contribution in [-0.4, -0.2) is 38.4 Å². The fraction of sp³-hybridized carbons (Fsp3) is 0.333. The Morgan fingerprint density at radius 3 is 3.06 bits per heavy atom. The number of nitrogens with one attached hydrogen (secondary N) is 1. The Morgan fingerprint density at radius 1 is 1.59 bits per heavy atom. The number of hydrogen-bond acceptors (Lipinski definition) is 6. The van der Waals surface area contributed by atoms with Crippen LogP contribution < -0.4 is 5.56 Å². The normalized spacial score (nSPS) is 10.7. The van der Waals surface area contributed by atoms with E-state index in [0.29, 0.717) is 16.6 Å². The zero-order valence-corrected chi connectivity index (χ0v) is 10.1. The van der Waals surface area contributed by atoms with Crippen LogP contribution in [0.5, 0.6) is 0 Å². The molecule has 0 saturated heterocycles. The van der Waals surface area contributed by atoms with Crippen LogP contribution in [0, 0.1) is 6.92 Å². The van der Waals surface area contributed by atoms with Gasteiger partial charge in [-0.05, 0) is 6.92 Å². The lowest BCUT2D eigenvalue weighted by Crippen LogP contribution is -2.10. The van der Waals surface area contributed by atoms with Gasteiger partial charge in [0.15, 0.2) is 5.16 Å². The molecule has 0 fully saturated rings. The molecule has 8 heteroatoms. The largest absolute Gasteiger partial charge is 0.468 e. The lowest BCUT2D eigenvalue weighted by molar-refractivity contribution is -0.137. The highest BCUT2D eigenvalue weighted by Crippen LogP contribution is 2.16. The van der Waals surface area contributed by atoms with Gasteiger partial charge in [0.2, 0.25) is 5.78 Å². The summed E-state index contributed by atoms with van der Waals surface area (Å²) in [6.45, 7) is 1.77. The molecule has 0 aliphatic carbocycles. The van der Waals surface area contributed by atoms with Crippen molar-refractivity contribution < 1.29 is 9.53 Å².